The van der Waals surface area contributed by atoms with Gasteiger partial charge in [-0.25, -0.2) is 0 Å². The molecule has 0 spiro atoms. The monoisotopic (exact) mass is 347 g/mol. The van der Waals surface area contributed by atoms with Gasteiger partial charge in [-0.05, 0) is 18.4 Å². The number of benzene rings is 1. The standard InChI is InChI=1S/C22H37NO2/c1-4-5-6-7-8-9-10-11-12-13-18-23(2,3)19-20-14-16-21(17-15-20)22(24)25/h14-17H,4-13,18-19H2,1-3H3. The number of unbranched alkanes of at least 4 members (excludes halogenated alkanes) is 9. The average Bonchev–Trinajstić information content (AvgIpc) is 2.56. The molecule has 1 aromatic carbocycles. The Hall–Kier alpha value is -1.35. The highest BCUT2D eigenvalue weighted by Gasteiger charge is 2.15. The van der Waals surface area contributed by atoms with Crippen LogP contribution in [0.3, 0.4) is 0 Å². The highest BCUT2D eigenvalue weighted by atomic mass is 16.4. The van der Waals surface area contributed by atoms with Crippen LogP contribution in [0.25, 0.3) is 0 Å². The lowest BCUT2D eigenvalue weighted by Gasteiger charge is -2.30. The molecule has 0 unspecified atom stereocenters. The van der Waals surface area contributed by atoms with E-state index in [9.17, 15) is 9.90 Å². The lowest BCUT2D eigenvalue weighted by atomic mass is 10.1. The summed E-state index contributed by atoms with van der Waals surface area (Å²) in [5.41, 5.74) is 1.44. The van der Waals surface area contributed by atoms with Crippen LogP contribution in [0.1, 0.15) is 87.1 Å². The van der Waals surface area contributed by atoms with Crippen LogP contribution in [0.5, 0.6) is 0 Å². The van der Waals surface area contributed by atoms with Crippen LogP contribution in [0, 0.1) is 0 Å². The molecule has 0 aliphatic carbocycles. The summed E-state index contributed by atoms with van der Waals surface area (Å²) in [6.07, 6.45) is 13.7. The molecule has 0 aromatic heterocycles. The highest BCUT2D eigenvalue weighted by Crippen LogP contribution is 2.14. The molecule has 1 rings (SSSR count). The maximum Gasteiger partial charge on any atom is 0.104 e. The second-order valence-electron chi connectivity index (χ2n) is 7.98. The first kappa shape index (κ1) is 21.7. The summed E-state index contributed by atoms with van der Waals surface area (Å²) < 4.78 is 0.946. The number of carbonyl (C=O) groups is 1. The number of rotatable bonds is 14. The molecule has 0 amide bonds. The Bertz CT molecular complexity index is 479. The van der Waals surface area contributed by atoms with Crippen LogP contribution in [-0.4, -0.2) is 31.1 Å². The molecule has 0 saturated carbocycles. The third-order valence-corrected chi connectivity index (χ3v) is 4.92. The first-order valence-corrected chi connectivity index (χ1v) is 10.1. The maximum absolute atomic E-state index is 10.8. The predicted molar refractivity (Wildman–Crippen MR) is 103 cm³/mol. The van der Waals surface area contributed by atoms with Crippen molar-refractivity contribution in [2.75, 3.05) is 20.6 Å². The van der Waals surface area contributed by atoms with Gasteiger partial charge in [0.25, 0.3) is 0 Å². The summed E-state index contributed by atoms with van der Waals surface area (Å²) in [6, 6.07) is 7.10. The molecular formula is C22H37NO2. The number of carboxylic acid groups (broad SMARTS) is 1. The van der Waals surface area contributed by atoms with E-state index in [0.29, 0.717) is 0 Å². The van der Waals surface area contributed by atoms with Crippen LogP contribution >= 0.6 is 0 Å². The van der Waals surface area contributed by atoms with Crippen LogP contribution in [0.15, 0.2) is 24.3 Å². The molecule has 0 saturated heterocycles. The van der Waals surface area contributed by atoms with Crippen molar-refractivity contribution in [3.63, 3.8) is 0 Å². The van der Waals surface area contributed by atoms with E-state index >= 15 is 0 Å². The smallest absolute Gasteiger partial charge is 0.104 e. The van der Waals surface area contributed by atoms with Crippen molar-refractivity contribution in [2.24, 2.45) is 0 Å². The van der Waals surface area contributed by atoms with E-state index in [1.54, 1.807) is 12.1 Å². The lowest BCUT2D eigenvalue weighted by Crippen LogP contribution is -2.39. The van der Waals surface area contributed by atoms with Gasteiger partial charge in [0.05, 0.1) is 26.6 Å². The van der Waals surface area contributed by atoms with Gasteiger partial charge in [-0.2, -0.15) is 0 Å². The lowest BCUT2D eigenvalue weighted by molar-refractivity contribution is -0.903. The Balaban J connectivity index is 2.13. The quantitative estimate of drug-likeness (QED) is 0.366. The van der Waals surface area contributed by atoms with Gasteiger partial charge >= 0.3 is 0 Å². The van der Waals surface area contributed by atoms with E-state index in [-0.39, 0.29) is 5.56 Å². The Morgan fingerprint density at radius 2 is 1.32 bits per heavy atom. The Morgan fingerprint density at radius 3 is 1.80 bits per heavy atom. The van der Waals surface area contributed by atoms with Gasteiger partial charge in [0.15, 0.2) is 0 Å². The SMILES string of the molecule is CCCCCCCCCCCC[N+](C)(C)Cc1ccc(C(=O)[O-])cc1. The fourth-order valence-electron chi connectivity index (χ4n) is 3.35. The summed E-state index contributed by atoms with van der Waals surface area (Å²) in [5.74, 6) is -1.11. The third kappa shape index (κ3) is 10.3. The van der Waals surface area contributed by atoms with Gasteiger partial charge in [0.1, 0.15) is 6.54 Å². The van der Waals surface area contributed by atoms with Crippen molar-refractivity contribution in [1.29, 1.82) is 0 Å². The minimum absolute atomic E-state index is 0.253. The van der Waals surface area contributed by atoms with Crippen LogP contribution < -0.4 is 5.11 Å². The second-order valence-corrected chi connectivity index (χ2v) is 7.98. The molecule has 0 radical (unpaired) electrons. The Morgan fingerprint density at radius 1 is 0.840 bits per heavy atom. The number of nitrogens with zero attached hydrogens (tertiary/aromatic N) is 1. The molecular weight excluding hydrogens is 310 g/mol. The van der Waals surface area contributed by atoms with Crippen molar-refractivity contribution in [1.82, 2.24) is 0 Å². The van der Waals surface area contributed by atoms with Gasteiger partial charge in [-0.3, -0.25) is 0 Å². The van der Waals surface area contributed by atoms with E-state index in [1.807, 2.05) is 12.1 Å². The van der Waals surface area contributed by atoms with Gasteiger partial charge in [0, 0.05) is 5.56 Å². The van der Waals surface area contributed by atoms with Crippen molar-refractivity contribution in [3.05, 3.63) is 35.4 Å². The van der Waals surface area contributed by atoms with E-state index in [2.05, 4.69) is 21.0 Å². The Labute approximate surface area is 154 Å². The van der Waals surface area contributed by atoms with E-state index in [0.717, 1.165) is 11.0 Å². The van der Waals surface area contributed by atoms with Crippen LogP contribution in [0.2, 0.25) is 0 Å². The summed E-state index contributed by atoms with van der Waals surface area (Å²) >= 11 is 0. The molecule has 142 valence electrons. The van der Waals surface area contributed by atoms with E-state index in [4.69, 9.17) is 0 Å². The number of hydrogen-bond donors (Lipinski definition) is 0. The highest BCUT2D eigenvalue weighted by molar-refractivity contribution is 5.85. The molecule has 0 heterocycles. The number of carbonyl (C=O) groups excluding carboxylic acids is 1. The summed E-state index contributed by atoms with van der Waals surface area (Å²) in [7, 11) is 4.50. The molecule has 0 aliphatic rings. The number of carboxylic acids is 1. The fraction of sp³-hybridized carbons (Fsp3) is 0.682. The summed E-state index contributed by atoms with van der Waals surface area (Å²) in [4.78, 5) is 10.8. The van der Waals surface area contributed by atoms with Gasteiger partial charge in [0.2, 0.25) is 0 Å². The fourth-order valence-corrected chi connectivity index (χ4v) is 3.35. The molecule has 3 heteroatoms. The minimum Gasteiger partial charge on any atom is -0.545 e. The van der Waals surface area contributed by atoms with Crippen molar-refractivity contribution in [3.8, 4) is 0 Å². The number of hydrogen-bond acceptors (Lipinski definition) is 2. The first-order chi connectivity index (χ1) is 11.9. The number of quaternary nitrogens is 1. The van der Waals surface area contributed by atoms with E-state index in [1.165, 1.54) is 76.3 Å². The molecule has 0 N–H and O–H groups in total. The molecule has 3 nitrogen and oxygen atoms in total. The molecule has 0 atom stereocenters. The largest absolute Gasteiger partial charge is 0.545 e. The summed E-state index contributed by atoms with van der Waals surface area (Å²) in [6.45, 7) is 4.37. The van der Waals surface area contributed by atoms with E-state index < -0.39 is 5.97 Å². The normalized spacial score (nSPS) is 11.6. The average molecular weight is 348 g/mol. The summed E-state index contributed by atoms with van der Waals surface area (Å²) in [5, 5.41) is 10.8. The van der Waals surface area contributed by atoms with Crippen molar-refractivity contribution < 1.29 is 14.4 Å². The maximum atomic E-state index is 10.8. The van der Waals surface area contributed by atoms with Crippen LogP contribution in [0.4, 0.5) is 0 Å². The molecule has 25 heavy (non-hydrogen) atoms. The van der Waals surface area contributed by atoms with Crippen molar-refractivity contribution >= 4 is 5.97 Å². The minimum atomic E-state index is -1.11. The second kappa shape index (κ2) is 12.1. The topological polar surface area (TPSA) is 40.1 Å². The third-order valence-electron chi connectivity index (χ3n) is 4.92. The molecule has 1 aromatic rings. The zero-order chi connectivity index (χ0) is 18.5. The van der Waals surface area contributed by atoms with Gasteiger partial charge in [-0.1, -0.05) is 82.6 Å². The molecule has 0 aliphatic heterocycles. The zero-order valence-electron chi connectivity index (χ0n) is 16.6. The van der Waals surface area contributed by atoms with Crippen molar-refractivity contribution in [2.45, 2.75) is 77.7 Å². The molecule has 0 fully saturated rings. The van der Waals surface area contributed by atoms with Crippen LogP contribution in [-0.2, 0) is 6.54 Å². The van der Waals surface area contributed by atoms with Gasteiger partial charge < -0.3 is 14.4 Å². The molecule has 0 bridgehead atoms. The number of aromatic carboxylic acids is 1. The van der Waals surface area contributed by atoms with Gasteiger partial charge in [-0.15, -0.1) is 0 Å². The predicted octanol–water partition coefficient (Wildman–Crippen LogP) is 4.55. The zero-order valence-corrected chi connectivity index (χ0v) is 16.6. The Kier molecular flexibility index (Phi) is 10.5. The first-order valence-electron chi connectivity index (χ1n) is 10.1.